The van der Waals surface area contributed by atoms with E-state index in [1.807, 2.05) is 24.3 Å². The van der Waals surface area contributed by atoms with Crippen LogP contribution in [-0.4, -0.2) is 29.0 Å². The summed E-state index contributed by atoms with van der Waals surface area (Å²) in [6.07, 6.45) is 7.16. The molecule has 0 radical (unpaired) electrons. The van der Waals surface area contributed by atoms with Gasteiger partial charge in [0.15, 0.2) is 0 Å². The largest absolute Gasteiger partial charge is 0.349 e. The van der Waals surface area contributed by atoms with Crippen LogP contribution in [0.15, 0.2) is 48.8 Å². The van der Waals surface area contributed by atoms with Crippen molar-refractivity contribution in [3.63, 3.8) is 0 Å². The van der Waals surface area contributed by atoms with Gasteiger partial charge in [-0.1, -0.05) is 23.7 Å². The minimum absolute atomic E-state index is 0.0437. The van der Waals surface area contributed by atoms with E-state index in [0.717, 1.165) is 31.2 Å². The van der Waals surface area contributed by atoms with Crippen molar-refractivity contribution in [2.45, 2.75) is 44.3 Å². The molecule has 146 valence electrons. The molecule has 0 unspecified atom stereocenters. The van der Waals surface area contributed by atoms with E-state index in [1.165, 1.54) is 0 Å². The molecule has 7 heteroatoms. The number of hydrogen-bond acceptors (Lipinski definition) is 3. The van der Waals surface area contributed by atoms with E-state index in [2.05, 4.69) is 20.9 Å². The van der Waals surface area contributed by atoms with Crippen LogP contribution >= 0.6 is 11.6 Å². The lowest BCUT2D eigenvalue weighted by molar-refractivity contribution is -0.0236. The minimum Gasteiger partial charge on any atom is -0.349 e. The van der Waals surface area contributed by atoms with Gasteiger partial charge in [0, 0.05) is 41.6 Å². The van der Waals surface area contributed by atoms with Crippen LogP contribution in [-0.2, 0) is 6.54 Å². The lowest BCUT2D eigenvalue weighted by Crippen LogP contribution is -2.61. The van der Waals surface area contributed by atoms with Crippen molar-refractivity contribution in [3.05, 3.63) is 64.9 Å². The van der Waals surface area contributed by atoms with Crippen LogP contribution in [0.25, 0.3) is 0 Å². The van der Waals surface area contributed by atoms with E-state index in [0.29, 0.717) is 17.1 Å². The Balaban J connectivity index is 1.14. The monoisotopic (exact) mass is 398 g/mol. The van der Waals surface area contributed by atoms with Crippen LogP contribution in [0, 0.1) is 5.41 Å². The molecule has 0 aliphatic heterocycles. The summed E-state index contributed by atoms with van der Waals surface area (Å²) in [6.45, 7) is 0.476. The van der Waals surface area contributed by atoms with E-state index in [9.17, 15) is 9.59 Å². The SMILES string of the molecule is O=C(NCc1ccc(Cl)cc1)NC1CC2(C1)CC(NC(=O)c1ccncc1)C2. The van der Waals surface area contributed by atoms with Gasteiger partial charge in [-0.05, 0) is 60.9 Å². The molecule has 3 amide bonds. The van der Waals surface area contributed by atoms with Gasteiger partial charge < -0.3 is 16.0 Å². The van der Waals surface area contributed by atoms with Crippen molar-refractivity contribution >= 4 is 23.5 Å². The fourth-order valence-corrected chi connectivity index (χ4v) is 4.43. The second-order valence-corrected chi connectivity index (χ2v) is 8.31. The van der Waals surface area contributed by atoms with Crippen LogP contribution in [0.1, 0.15) is 41.6 Å². The van der Waals surface area contributed by atoms with Crippen molar-refractivity contribution < 1.29 is 9.59 Å². The Labute approximate surface area is 169 Å². The molecule has 2 aliphatic rings. The molecule has 1 heterocycles. The molecular formula is C21H23ClN4O2. The molecule has 1 aromatic heterocycles. The molecule has 0 saturated heterocycles. The number of amides is 3. The molecular weight excluding hydrogens is 376 g/mol. The van der Waals surface area contributed by atoms with E-state index in [4.69, 9.17) is 11.6 Å². The van der Waals surface area contributed by atoms with E-state index in [1.54, 1.807) is 24.5 Å². The second kappa shape index (κ2) is 7.80. The summed E-state index contributed by atoms with van der Waals surface area (Å²) in [4.78, 5) is 28.2. The zero-order chi connectivity index (χ0) is 19.6. The maximum absolute atomic E-state index is 12.2. The van der Waals surface area contributed by atoms with Crippen molar-refractivity contribution in [3.8, 4) is 0 Å². The van der Waals surface area contributed by atoms with Crippen molar-refractivity contribution in [1.29, 1.82) is 0 Å². The van der Waals surface area contributed by atoms with E-state index >= 15 is 0 Å². The third-order valence-corrected chi connectivity index (χ3v) is 5.95. The average molecular weight is 399 g/mol. The number of nitrogens with one attached hydrogen (secondary N) is 3. The van der Waals surface area contributed by atoms with Crippen molar-refractivity contribution in [1.82, 2.24) is 20.9 Å². The summed E-state index contributed by atoms with van der Waals surface area (Å²) in [5.74, 6) is -0.0437. The zero-order valence-electron chi connectivity index (χ0n) is 15.5. The number of rotatable bonds is 5. The second-order valence-electron chi connectivity index (χ2n) is 7.87. The van der Waals surface area contributed by atoms with Crippen LogP contribution < -0.4 is 16.0 Å². The Morgan fingerprint density at radius 2 is 1.57 bits per heavy atom. The number of halogens is 1. The van der Waals surface area contributed by atoms with Crippen LogP contribution in [0.3, 0.4) is 0 Å². The van der Waals surface area contributed by atoms with Gasteiger partial charge in [-0.2, -0.15) is 0 Å². The van der Waals surface area contributed by atoms with Gasteiger partial charge in [-0.15, -0.1) is 0 Å². The summed E-state index contributed by atoms with van der Waals surface area (Å²) in [5.41, 5.74) is 1.93. The highest BCUT2D eigenvalue weighted by molar-refractivity contribution is 6.30. The third-order valence-electron chi connectivity index (χ3n) is 5.70. The first-order valence-corrected chi connectivity index (χ1v) is 9.89. The van der Waals surface area contributed by atoms with Crippen LogP contribution in [0.4, 0.5) is 4.79 Å². The summed E-state index contributed by atoms with van der Waals surface area (Å²) >= 11 is 5.86. The Hall–Kier alpha value is -2.60. The highest BCUT2D eigenvalue weighted by atomic mass is 35.5. The molecule has 3 N–H and O–H groups in total. The number of nitrogens with zero attached hydrogens (tertiary/aromatic N) is 1. The normalized spacial score (nSPS) is 25.3. The standard InChI is InChI=1S/C21H23ClN4O2/c22-16-3-1-14(2-4-16)13-24-20(28)26-18-11-21(12-18)9-17(10-21)25-19(27)15-5-7-23-8-6-15/h1-8,17-18H,9-13H2,(H,25,27)(H2,24,26,28). The Morgan fingerprint density at radius 1 is 0.964 bits per heavy atom. The molecule has 2 fully saturated rings. The lowest BCUT2D eigenvalue weighted by Gasteiger charge is -2.57. The van der Waals surface area contributed by atoms with Gasteiger partial charge in [0.1, 0.15) is 0 Å². The number of benzene rings is 1. The number of carbonyl (C=O) groups excluding carboxylic acids is 2. The van der Waals surface area contributed by atoms with Crippen molar-refractivity contribution in [2.24, 2.45) is 5.41 Å². The Morgan fingerprint density at radius 3 is 2.21 bits per heavy atom. The van der Waals surface area contributed by atoms with Crippen LogP contribution in [0.5, 0.6) is 0 Å². The summed E-state index contributed by atoms with van der Waals surface area (Å²) in [7, 11) is 0. The van der Waals surface area contributed by atoms with E-state index < -0.39 is 0 Å². The molecule has 1 aromatic carbocycles. The number of hydrogen-bond donors (Lipinski definition) is 3. The minimum atomic E-state index is -0.142. The lowest BCUT2D eigenvalue weighted by atomic mass is 9.52. The number of aromatic nitrogens is 1. The van der Waals surface area contributed by atoms with Gasteiger partial charge in [0.25, 0.3) is 5.91 Å². The van der Waals surface area contributed by atoms with Gasteiger partial charge in [0.2, 0.25) is 0 Å². The number of carbonyl (C=O) groups is 2. The highest BCUT2D eigenvalue weighted by Crippen LogP contribution is 2.55. The summed E-state index contributed by atoms with van der Waals surface area (Å²) < 4.78 is 0. The number of urea groups is 1. The molecule has 0 bridgehead atoms. The molecule has 2 aliphatic carbocycles. The molecule has 1 spiro atoms. The van der Waals surface area contributed by atoms with E-state index in [-0.39, 0.29) is 29.4 Å². The maximum atomic E-state index is 12.2. The highest BCUT2D eigenvalue weighted by Gasteiger charge is 2.53. The predicted molar refractivity (Wildman–Crippen MR) is 107 cm³/mol. The fourth-order valence-electron chi connectivity index (χ4n) is 4.30. The first-order valence-electron chi connectivity index (χ1n) is 9.51. The Kier molecular flexibility index (Phi) is 5.22. The average Bonchev–Trinajstić information content (AvgIpc) is 2.64. The van der Waals surface area contributed by atoms with Gasteiger partial charge >= 0.3 is 6.03 Å². The first kappa shape index (κ1) is 18.7. The van der Waals surface area contributed by atoms with Crippen molar-refractivity contribution in [2.75, 3.05) is 0 Å². The van der Waals surface area contributed by atoms with Gasteiger partial charge in [0.05, 0.1) is 0 Å². The third kappa shape index (κ3) is 4.28. The summed E-state index contributed by atoms with van der Waals surface area (Å²) in [5, 5.41) is 9.67. The topological polar surface area (TPSA) is 83.1 Å². The van der Waals surface area contributed by atoms with Gasteiger partial charge in [-0.25, -0.2) is 4.79 Å². The first-order chi connectivity index (χ1) is 13.5. The maximum Gasteiger partial charge on any atom is 0.315 e. The molecule has 4 rings (SSSR count). The number of pyridine rings is 1. The molecule has 2 aromatic rings. The fraction of sp³-hybridized carbons (Fsp3) is 0.381. The van der Waals surface area contributed by atoms with Gasteiger partial charge in [-0.3, -0.25) is 9.78 Å². The molecule has 0 atom stereocenters. The molecule has 6 nitrogen and oxygen atoms in total. The molecule has 2 saturated carbocycles. The predicted octanol–water partition coefficient (Wildman–Crippen LogP) is 3.28. The zero-order valence-corrected chi connectivity index (χ0v) is 16.2. The van der Waals surface area contributed by atoms with Crippen LogP contribution in [0.2, 0.25) is 5.02 Å². The molecule has 28 heavy (non-hydrogen) atoms. The quantitative estimate of drug-likeness (QED) is 0.722. The smallest absolute Gasteiger partial charge is 0.315 e. The Bertz CT molecular complexity index is 842. The summed E-state index contributed by atoms with van der Waals surface area (Å²) in [6, 6.07) is 11.1.